The summed E-state index contributed by atoms with van der Waals surface area (Å²) in [6, 6.07) is 9.47. The van der Waals surface area contributed by atoms with Crippen LogP contribution in [0.2, 0.25) is 0 Å². The predicted molar refractivity (Wildman–Crippen MR) is 73.8 cm³/mol. The molecular weight excluding hydrogens is 240 g/mol. The van der Waals surface area contributed by atoms with E-state index in [2.05, 4.69) is 28.5 Å². The maximum Gasteiger partial charge on any atom is 0.244 e. The average molecular weight is 258 g/mol. The first kappa shape index (κ1) is 13.4. The van der Waals surface area contributed by atoms with Crippen LogP contribution in [0.25, 0.3) is 0 Å². The van der Waals surface area contributed by atoms with Crippen molar-refractivity contribution in [1.82, 2.24) is 10.6 Å². The number of benzene rings is 1. The van der Waals surface area contributed by atoms with Crippen LogP contribution in [0.3, 0.4) is 0 Å². The van der Waals surface area contributed by atoms with Gasteiger partial charge in [-0.05, 0) is 38.2 Å². The summed E-state index contributed by atoms with van der Waals surface area (Å²) < 4.78 is 0. The largest absolute Gasteiger partial charge is 0.354 e. The Morgan fingerprint density at radius 2 is 2.16 bits per heavy atom. The highest BCUT2D eigenvalue weighted by Crippen LogP contribution is 2.22. The van der Waals surface area contributed by atoms with Crippen molar-refractivity contribution in [3.05, 3.63) is 29.8 Å². The molecule has 19 heavy (non-hydrogen) atoms. The van der Waals surface area contributed by atoms with E-state index in [-0.39, 0.29) is 18.0 Å². The predicted octanol–water partition coefficient (Wildman–Crippen LogP) is 0.471. The van der Waals surface area contributed by atoms with Crippen molar-refractivity contribution in [2.75, 3.05) is 25.0 Å². The normalized spacial score (nSPS) is 22.8. The molecule has 1 aromatic rings. The highest BCUT2D eigenvalue weighted by molar-refractivity contribution is 5.87. The Labute approximate surface area is 113 Å². The first-order valence-corrected chi connectivity index (χ1v) is 6.38. The molecule has 0 saturated carbocycles. The maximum absolute atomic E-state index is 12.0. The lowest BCUT2D eigenvalue weighted by molar-refractivity contribution is -0.123. The van der Waals surface area contributed by atoms with Gasteiger partial charge in [0.05, 0.1) is 11.6 Å². The van der Waals surface area contributed by atoms with E-state index in [1.54, 1.807) is 12.1 Å². The summed E-state index contributed by atoms with van der Waals surface area (Å²) in [5.41, 5.74) is 1.60. The molecule has 0 aliphatic carbocycles. The first-order valence-electron chi connectivity index (χ1n) is 6.38. The number of likely N-dealkylation sites (N-methyl/N-ethyl adjacent to an activating group) is 1. The molecule has 1 aliphatic heterocycles. The Balaban J connectivity index is 2.31. The summed E-state index contributed by atoms with van der Waals surface area (Å²) in [7, 11) is 1.84. The Morgan fingerprint density at radius 3 is 2.74 bits per heavy atom. The third kappa shape index (κ3) is 2.69. The van der Waals surface area contributed by atoms with Crippen molar-refractivity contribution >= 4 is 11.6 Å². The average Bonchev–Trinajstić information content (AvgIpc) is 2.44. The van der Waals surface area contributed by atoms with Gasteiger partial charge in [0, 0.05) is 24.8 Å². The van der Waals surface area contributed by atoms with E-state index in [0.717, 1.165) is 5.69 Å². The molecule has 0 bridgehead atoms. The number of hydrogen-bond donors (Lipinski definition) is 2. The van der Waals surface area contributed by atoms with Gasteiger partial charge >= 0.3 is 0 Å². The number of piperazine rings is 1. The van der Waals surface area contributed by atoms with E-state index in [0.29, 0.717) is 18.7 Å². The lowest BCUT2D eigenvalue weighted by Gasteiger charge is -2.41. The number of amides is 1. The van der Waals surface area contributed by atoms with Gasteiger partial charge in [-0.2, -0.15) is 5.26 Å². The number of carbonyl (C=O) groups excluding carboxylic acids is 1. The SMILES string of the molecule is CNCC1C(=O)NCC(C)N1c1ccc(C#N)cc1. The van der Waals surface area contributed by atoms with Crippen LogP contribution in [0.1, 0.15) is 12.5 Å². The second-order valence-electron chi connectivity index (χ2n) is 4.73. The van der Waals surface area contributed by atoms with Crippen molar-refractivity contribution in [3.8, 4) is 6.07 Å². The van der Waals surface area contributed by atoms with Gasteiger partial charge in [-0.1, -0.05) is 0 Å². The topological polar surface area (TPSA) is 68.2 Å². The molecule has 0 radical (unpaired) electrons. The summed E-state index contributed by atoms with van der Waals surface area (Å²) in [4.78, 5) is 14.1. The van der Waals surface area contributed by atoms with E-state index >= 15 is 0 Å². The Bertz CT molecular complexity index is 491. The quantitative estimate of drug-likeness (QED) is 0.827. The van der Waals surface area contributed by atoms with Crippen LogP contribution < -0.4 is 15.5 Å². The summed E-state index contributed by atoms with van der Waals surface area (Å²) >= 11 is 0. The lowest BCUT2D eigenvalue weighted by atomic mass is 10.1. The molecule has 1 heterocycles. The first-order chi connectivity index (χ1) is 9.17. The molecule has 1 aromatic carbocycles. The van der Waals surface area contributed by atoms with Crippen LogP contribution in [0.4, 0.5) is 5.69 Å². The monoisotopic (exact) mass is 258 g/mol. The van der Waals surface area contributed by atoms with Crippen LogP contribution in [-0.4, -0.2) is 38.1 Å². The van der Waals surface area contributed by atoms with E-state index in [9.17, 15) is 4.79 Å². The van der Waals surface area contributed by atoms with Crippen molar-refractivity contribution in [2.24, 2.45) is 0 Å². The smallest absolute Gasteiger partial charge is 0.244 e. The zero-order chi connectivity index (χ0) is 13.8. The minimum atomic E-state index is -0.221. The number of nitriles is 1. The van der Waals surface area contributed by atoms with E-state index < -0.39 is 0 Å². The molecule has 5 heteroatoms. The van der Waals surface area contributed by atoms with Gasteiger partial charge in [0.2, 0.25) is 5.91 Å². The van der Waals surface area contributed by atoms with Crippen LogP contribution in [0.15, 0.2) is 24.3 Å². The molecule has 1 amide bonds. The minimum Gasteiger partial charge on any atom is -0.354 e. The fraction of sp³-hybridized carbons (Fsp3) is 0.429. The second kappa shape index (κ2) is 5.72. The molecule has 0 spiro atoms. The minimum absolute atomic E-state index is 0.0387. The fourth-order valence-corrected chi connectivity index (χ4v) is 2.42. The van der Waals surface area contributed by atoms with E-state index in [1.807, 2.05) is 19.2 Å². The summed E-state index contributed by atoms with van der Waals surface area (Å²) in [6.45, 7) is 3.32. The van der Waals surface area contributed by atoms with Crippen molar-refractivity contribution in [2.45, 2.75) is 19.0 Å². The van der Waals surface area contributed by atoms with Gasteiger partial charge in [0.15, 0.2) is 0 Å². The van der Waals surface area contributed by atoms with Crippen LogP contribution in [0, 0.1) is 11.3 Å². The Morgan fingerprint density at radius 1 is 1.47 bits per heavy atom. The van der Waals surface area contributed by atoms with Crippen molar-refractivity contribution in [1.29, 1.82) is 5.26 Å². The van der Waals surface area contributed by atoms with Gasteiger partial charge in [0.25, 0.3) is 0 Å². The molecule has 2 atom stereocenters. The van der Waals surface area contributed by atoms with E-state index in [1.165, 1.54) is 0 Å². The molecular formula is C14H18N4O. The van der Waals surface area contributed by atoms with Gasteiger partial charge in [-0.25, -0.2) is 0 Å². The van der Waals surface area contributed by atoms with Crippen molar-refractivity contribution < 1.29 is 4.79 Å². The Kier molecular flexibility index (Phi) is 4.03. The van der Waals surface area contributed by atoms with Gasteiger partial charge in [-0.15, -0.1) is 0 Å². The molecule has 1 aliphatic rings. The third-order valence-corrected chi connectivity index (χ3v) is 3.38. The number of rotatable bonds is 3. The van der Waals surface area contributed by atoms with Crippen molar-refractivity contribution in [3.63, 3.8) is 0 Å². The summed E-state index contributed by atoms with van der Waals surface area (Å²) in [5, 5.41) is 14.8. The van der Waals surface area contributed by atoms with Gasteiger partial charge in [0.1, 0.15) is 6.04 Å². The molecule has 2 rings (SSSR count). The summed E-state index contributed by atoms with van der Waals surface area (Å²) in [6.07, 6.45) is 0. The zero-order valence-electron chi connectivity index (χ0n) is 11.2. The molecule has 1 saturated heterocycles. The lowest BCUT2D eigenvalue weighted by Crippen LogP contribution is -2.62. The van der Waals surface area contributed by atoms with Crippen LogP contribution >= 0.6 is 0 Å². The number of nitrogens with zero attached hydrogens (tertiary/aromatic N) is 2. The second-order valence-corrected chi connectivity index (χ2v) is 4.73. The van der Waals surface area contributed by atoms with Crippen LogP contribution in [0.5, 0.6) is 0 Å². The van der Waals surface area contributed by atoms with Gasteiger partial charge in [-0.3, -0.25) is 4.79 Å². The highest BCUT2D eigenvalue weighted by atomic mass is 16.2. The molecule has 5 nitrogen and oxygen atoms in total. The molecule has 2 unspecified atom stereocenters. The van der Waals surface area contributed by atoms with Gasteiger partial charge < -0.3 is 15.5 Å². The molecule has 100 valence electrons. The summed E-state index contributed by atoms with van der Waals surface area (Å²) in [5.74, 6) is 0.0387. The third-order valence-electron chi connectivity index (χ3n) is 3.38. The Hall–Kier alpha value is -2.06. The highest BCUT2D eigenvalue weighted by Gasteiger charge is 2.33. The number of anilines is 1. The molecule has 0 aromatic heterocycles. The maximum atomic E-state index is 12.0. The fourth-order valence-electron chi connectivity index (χ4n) is 2.42. The molecule has 1 fully saturated rings. The number of carbonyl (C=O) groups is 1. The zero-order valence-corrected chi connectivity index (χ0v) is 11.2. The number of hydrogen-bond acceptors (Lipinski definition) is 4. The van der Waals surface area contributed by atoms with Crippen LogP contribution in [-0.2, 0) is 4.79 Å². The standard InChI is InChI=1S/C14H18N4O/c1-10-8-17-14(19)13(9-16-2)18(10)12-5-3-11(7-15)4-6-12/h3-6,10,13,16H,8-9H2,1-2H3,(H,17,19). The van der Waals surface area contributed by atoms with E-state index in [4.69, 9.17) is 5.26 Å². The molecule has 2 N–H and O–H groups in total. The number of nitrogens with one attached hydrogen (secondary N) is 2.